The Hall–Kier alpha value is -7.16. The molecule has 1 atom stereocenters. The van der Waals surface area contributed by atoms with Crippen molar-refractivity contribution in [3.8, 4) is 39.1 Å². The molecule has 0 N–H and O–H groups in total. The Bertz CT molecular complexity index is 3580. The van der Waals surface area contributed by atoms with Crippen molar-refractivity contribution in [1.82, 2.24) is 4.57 Å². The molecule has 13 rings (SSSR count). The van der Waals surface area contributed by atoms with Crippen LogP contribution in [0.25, 0.3) is 71.6 Å². The average molecular weight is 809 g/mol. The Balaban J connectivity index is 1.27. The lowest BCUT2D eigenvalue weighted by atomic mass is 9.65. The van der Waals surface area contributed by atoms with Gasteiger partial charge in [-0.05, 0) is 121 Å². The van der Waals surface area contributed by atoms with Crippen molar-refractivity contribution in [3.05, 3.63) is 215 Å². The lowest BCUT2D eigenvalue weighted by Gasteiger charge is -2.46. The Morgan fingerprint density at radius 1 is 0.413 bits per heavy atom. The lowest BCUT2D eigenvalue weighted by Crippen LogP contribution is -2.35. The number of anilines is 3. The molecule has 0 radical (unpaired) electrons. The maximum absolute atomic E-state index is 2.73. The van der Waals surface area contributed by atoms with Gasteiger partial charge in [0.25, 0.3) is 0 Å². The van der Waals surface area contributed by atoms with Gasteiger partial charge in [0, 0.05) is 38.4 Å². The molecule has 9 aromatic carbocycles. The van der Waals surface area contributed by atoms with Gasteiger partial charge in [0.1, 0.15) is 0 Å². The number of benzene rings is 9. The average Bonchev–Trinajstić information content (AvgIpc) is 3.87. The molecule has 0 fully saturated rings. The van der Waals surface area contributed by atoms with Gasteiger partial charge in [-0.15, -0.1) is 0 Å². The van der Waals surface area contributed by atoms with Crippen LogP contribution in [0.5, 0.6) is 0 Å². The van der Waals surface area contributed by atoms with Crippen LogP contribution < -0.4 is 4.90 Å². The fraction of sp³-hybridized carbons (Fsp3) is 0.148. The molecule has 0 saturated carbocycles. The summed E-state index contributed by atoms with van der Waals surface area (Å²) < 4.78 is 2.47. The molecule has 0 amide bonds. The molecule has 0 saturated heterocycles. The standard InChI is InChI=1S/C61H48N2/c1-59(2,3)54-52-44-28-15-18-30-47(44)60(4,5)55(52)58-56-53(54)45-29-16-19-31-48(45)61(56,6)49-36-46(37-21-9-7-10-22-37)40-25-13-14-27-43(40)57(49)63(58)39-33-34-42-41-26-17-20-32-50(41)62(51(42)35-39)38-23-11-8-12-24-38/h7-36H,1-6H3. The highest BCUT2D eigenvalue weighted by Crippen LogP contribution is 2.70. The second-order valence-corrected chi connectivity index (χ2v) is 19.8. The van der Waals surface area contributed by atoms with Crippen LogP contribution in [-0.4, -0.2) is 4.57 Å². The van der Waals surface area contributed by atoms with Crippen molar-refractivity contribution in [2.24, 2.45) is 0 Å². The first-order valence-electron chi connectivity index (χ1n) is 22.5. The summed E-state index contributed by atoms with van der Waals surface area (Å²) in [6.07, 6.45) is 0. The fourth-order valence-electron chi connectivity index (χ4n) is 12.4. The molecule has 0 spiro atoms. The molecule has 10 aromatic rings. The van der Waals surface area contributed by atoms with Crippen molar-refractivity contribution < 1.29 is 0 Å². The molecule has 0 bridgehead atoms. The number of fused-ring (bicyclic) bond motifs is 14. The Morgan fingerprint density at radius 3 is 1.71 bits per heavy atom. The van der Waals surface area contributed by atoms with Crippen molar-refractivity contribution in [3.63, 3.8) is 0 Å². The van der Waals surface area contributed by atoms with E-state index in [-0.39, 0.29) is 10.8 Å². The summed E-state index contributed by atoms with van der Waals surface area (Å²) >= 11 is 0. The number of hydrogen-bond acceptors (Lipinski definition) is 1. The van der Waals surface area contributed by atoms with E-state index in [1.807, 2.05) is 0 Å². The number of aromatic nitrogens is 1. The fourth-order valence-corrected chi connectivity index (χ4v) is 12.4. The summed E-state index contributed by atoms with van der Waals surface area (Å²) in [5.41, 5.74) is 22.9. The van der Waals surface area contributed by atoms with Crippen molar-refractivity contribution in [1.29, 1.82) is 0 Å². The van der Waals surface area contributed by atoms with Gasteiger partial charge in [-0.1, -0.05) is 180 Å². The molecule has 2 heterocycles. The van der Waals surface area contributed by atoms with E-state index >= 15 is 0 Å². The first kappa shape index (κ1) is 36.5. The second kappa shape index (κ2) is 12.5. The van der Waals surface area contributed by atoms with Gasteiger partial charge in [-0.2, -0.15) is 0 Å². The molecule has 2 heteroatoms. The molecule has 3 aliphatic rings. The maximum atomic E-state index is 2.73. The Labute approximate surface area is 369 Å². The predicted octanol–water partition coefficient (Wildman–Crippen LogP) is 16.3. The van der Waals surface area contributed by atoms with Crippen molar-refractivity contribution in [2.75, 3.05) is 4.90 Å². The highest BCUT2D eigenvalue weighted by molar-refractivity contribution is 6.16. The van der Waals surface area contributed by atoms with Crippen LogP contribution in [0.2, 0.25) is 0 Å². The number of rotatable bonds is 3. The van der Waals surface area contributed by atoms with Crippen LogP contribution in [0.3, 0.4) is 0 Å². The smallest absolute Gasteiger partial charge is 0.0585 e. The molecule has 302 valence electrons. The minimum Gasteiger partial charge on any atom is -0.309 e. The van der Waals surface area contributed by atoms with Crippen LogP contribution in [0.15, 0.2) is 182 Å². The summed E-state index contributed by atoms with van der Waals surface area (Å²) in [7, 11) is 0. The molecular weight excluding hydrogens is 761 g/mol. The van der Waals surface area contributed by atoms with Crippen LogP contribution in [0, 0.1) is 0 Å². The molecule has 1 aromatic heterocycles. The molecule has 1 unspecified atom stereocenters. The van der Waals surface area contributed by atoms with Gasteiger partial charge in [0.2, 0.25) is 0 Å². The lowest BCUT2D eigenvalue weighted by molar-refractivity contribution is 0.588. The van der Waals surface area contributed by atoms with Gasteiger partial charge in [0.05, 0.1) is 22.4 Å². The first-order chi connectivity index (χ1) is 30.6. The highest BCUT2D eigenvalue weighted by Gasteiger charge is 2.55. The van der Waals surface area contributed by atoms with E-state index < -0.39 is 5.41 Å². The maximum Gasteiger partial charge on any atom is 0.0585 e. The minimum absolute atomic E-state index is 0.153. The third-order valence-electron chi connectivity index (χ3n) is 15.0. The van der Waals surface area contributed by atoms with Crippen LogP contribution in [-0.2, 0) is 16.2 Å². The van der Waals surface area contributed by atoms with Gasteiger partial charge in [-0.25, -0.2) is 0 Å². The first-order valence-corrected chi connectivity index (χ1v) is 22.5. The van der Waals surface area contributed by atoms with Crippen molar-refractivity contribution in [2.45, 2.75) is 57.8 Å². The Kier molecular flexibility index (Phi) is 7.23. The van der Waals surface area contributed by atoms with Gasteiger partial charge in [-0.3, -0.25) is 0 Å². The zero-order valence-corrected chi connectivity index (χ0v) is 36.7. The third-order valence-corrected chi connectivity index (χ3v) is 15.0. The molecule has 2 aliphatic carbocycles. The summed E-state index contributed by atoms with van der Waals surface area (Å²) in [5, 5.41) is 5.03. The quantitative estimate of drug-likeness (QED) is 0.173. The van der Waals surface area contributed by atoms with Gasteiger partial charge >= 0.3 is 0 Å². The Morgan fingerprint density at radius 2 is 0.984 bits per heavy atom. The summed E-state index contributed by atoms with van der Waals surface area (Å²) in [6, 6.07) is 68.5. The van der Waals surface area contributed by atoms with E-state index in [1.165, 1.54) is 116 Å². The number of para-hydroxylation sites is 2. The van der Waals surface area contributed by atoms with E-state index in [4.69, 9.17) is 0 Å². The zero-order chi connectivity index (χ0) is 42.6. The van der Waals surface area contributed by atoms with E-state index in [1.54, 1.807) is 0 Å². The minimum atomic E-state index is -0.455. The van der Waals surface area contributed by atoms with E-state index in [9.17, 15) is 0 Å². The predicted molar refractivity (Wildman–Crippen MR) is 266 cm³/mol. The monoisotopic (exact) mass is 808 g/mol. The second-order valence-electron chi connectivity index (χ2n) is 19.8. The topological polar surface area (TPSA) is 8.17 Å². The van der Waals surface area contributed by atoms with Gasteiger partial charge < -0.3 is 9.47 Å². The van der Waals surface area contributed by atoms with Crippen LogP contribution in [0.4, 0.5) is 17.1 Å². The van der Waals surface area contributed by atoms with E-state index in [0.717, 1.165) is 5.69 Å². The zero-order valence-electron chi connectivity index (χ0n) is 36.7. The summed E-state index contributed by atoms with van der Waals surface area (Å²) in [6.45, 7) is 14.8. The van der Waals surface area contributed by atoms with Crippen LogP contribution in [0.1, 0.15) is 74.9 Å². The number of hydrogen-bond donors (Lipinski definition) is 0. The van der Waals surface area contributed by atoms with Crippen LogP contribution >= 0.6 is 0 Å². The molecule has 1 aliphatic heterocycles. The third kappa shape index (κ3) is 4.63. The number of nitrogens with zero attached hydrogens (tertiary/aromatic N) is 2. The SMILES string of the molecule is CC(C)(C)c1c2c(c3c4c1-c1ccccc1C4(C)c1cc(-c4ccccc4)c4ccccc4c1N3c1ccc3c4ccccc4n(-c4ccccc4)c3c1)C(C)(C)c1ccccc1-2. The van der Waals surface area contributed by atoms with Gasteiger partial charge in [0.15, 0.2) is 0 Å². The summed E-state index contributed by atoms with van der Waals surface area (Å²) in [5.74, 6) is 0. The van der Waals surface area contributed by atoms with E-state index in [2.05, 4.69) is 233 Å². The summed E-state index contributed by atoms with van der Waals surface area (Å²) in [4.78, 5) is 2.73. The van der Waals surface area contributed by atoms with Crippen molar-refractivity contribution >= 4 is 49.6 Å². The molecule has 63 heavy (non-hydrogen) atoms. The van der Waals surface area contributed by atoms with E-state index in [0.29, 0.717) is 0 Å². The molecule has 2 nitrogen and oxygen atoms in total. The highest BCUT2D eigenvalue weighted by atomic mass is 15.2. The normalized spacial score (nSPS) is 16.6. The molecular formula is C61H48N2. The largest absolute Gasteiger partial charge is 0.309 e.